The van der Waals surface area contributed by atoms with Crippen LogP contribution in [0.2, 0.25) is 0 Å². The molecule has 0 fully saturated rings. The van der Waals surface area contributed by atoms with E-state index in [9.17, 15) is 4.79 Å². The summed E-state index contributed by atoms with van der Waals surface area (Å²) in [4.78, 5) is 21.9. The maximum absolute atomic E-state index is 13.5. The number of nitrogens with zero attached hydrogens (tertiary/aromatic N) is 3. The van der Waals surface area contributed by atoms with E-state index in [-0.39, 0.29) is 11.2 Å². The quantitative estimate of drug-likeness (QED) is 0.412. The lowest BCUT2D eigenvalue weighted by Crippen LogP contribution is -2.23. The number of nitrogens with two attached hydrogens (primary N) is 2. The van der Waals surface area contributed by atoms with Gasteiger partial charge in [0.05, 0.1) is 16.3 Å². The second kappa shape index (κ2) is 6.92. The molecule has 1 atom stereocenters. The highest BCUT2D eigenvalue weighted by atomic mass is 32.2. The van der Waals surface area contributed by atoms with E-state index >= 15 is 0 Å². The molecule has 1 unspecified atom stereocenters. The number of aromatic nitrogens is 3. The molecule has 2 aromatic carbocycles. The molecule has 4 N–H and O–H groups in total. The van der Waals surface area contributed by atoms with E-state index in [1.165, 1.54) is 17.8 Å². The van der Waals surface area contributed by atoms with Gasteiger partial charge in [-0.2, -0.15) is 0 Å². The zero-order chi connectivity index (χ0) is 19.0. The number of para-hydroxylation sites is 2. The smallest absolute Gasteiger partial charge is 0.245 e. The molecular formula is C20H19N5OS. The number of fused-ring (bicyclic) bond motifs is 3. The van der Waals surface area contributed by atoms with Gasteiger partial charge in [0.15, 0.2) is 5.16 Å². The van der Waals surface area contributed by atoms with Crippen molar-refractivity contribution in [1.29, 1.82) is 0 Å². The Morgan fingerprint density at radius 3 is 2.04 bits per heavy atom. The van der Waals surface area contributed by atoms with Crippen LogP contribution in [0.4, 0.5) is 11.6 Å². The van der Waals surface area contributed by atoms with E-state index in [1.54, 1.807) is 4.57 Å². The number of hydrogen-bond donors (Lipinski definition) is 2. The van der Waals surface area contributed by atoms with Gasteiger partial charge in [-0.25, -0.2) is 9.97 Å². The molecule has 0 radical (unpaired) electrons. The van der Waals surface area contributed by atoms with Crippen LogP contribution in [0, 0.1) is 0 Å². The molecule has 2 aromatic heterocycles. The first-order valence-corrected chi connectivity index (χ1v) is 9.55. The fourth-order valence-corrected chi connectivity index (χ4v) is 4.20. The Hall–Kier alpha value is -3.06. The number of anilines is 2. The Bertz CT molecular complexity index is 1080. The molecule has 2 heterocycles. The maximum Gasteiger partial charge on any atom is 0.245 e. The fourth-order valence-electron chi connectivity index (χ4n) is 3.25. The van der Waals surface area contributed by atoms with Gasteiger partial charge in [0.2, 0.25) is 5.91 Å². The van der Waals surface area contributed by atoms with Crippen molar-refractivity contribution >= 4 is 51.1 Å². The van der Waals surface area contributed by atoms with Crippen molar-refractivity contribution in [3.8, 4) is 0 Å². The Kier molecular flexibility index (Phi) is 4.45. The maximum atomic E-state index is 13.5. The van der Waals surface area contributed by atoms with Gasteiger partial charge < -0.3 is 11.5 Å². The summed E-state index contributed by atoms with van der Waals surface area (Å²) in [5, 5.41) is 2.18. The summed E-state index contributed by atoms with van der Waals surface area (Å²) in [6, 6.07) is 17.4. The summed E-state index contributed by atoms with van der Waals surface area (Å²) in [5.74, 6) is 0.581. The monoisotopic (exact) mass is 377 g/mol. The van der Waals surface area contributed by atoms with Crippen LogP contribution in [-0.4, -0.2) is 25.7 Å². The summed E-state index contributed by atoms with van der Waals surface area (Å²) >= 11 is 1.29. The molecule has 4 aromatic rings. The molecule has 6 nitrogen and oxygen atoms in total. The van der Waals surface area contributed by atoms with E-state index in [0.717, 1.165) is 21.8 Å². The first-order valence-electron chi connectivity index (χ1n) is 8.67. The molecule has 7 heteroatoms. The van der Waals surface area contributed by atoms with Gasteiger partial charge in [-0.05, 0) is 18.6 Å². The number of nitrogen functional groups attached to an aromatic ring is 2. The van der Waals surface area contributed by atoms with Gasteiger partial charge in [-0.1, -0.05) is 55.1 Å². The van der Waals surface area contributed by atoms with Crippen molar-refractivity contribution in [3.63, 3.8) is 0 Å². The predicted molar refractivity (Wildman–Crippen MR) is 111 cm³/mol. The molecule has 0 saturated carbocycles. The zero-order valence-corrected chi connectivity index (χ0v) is 15.6. The van der Waals surface area contributed by atoms with E-state index in [1.807, 2.05) is 55.5 Å². The standard InChI is InChI=1S/C20H19N5OS/c1-2-16(27-20-23-17(21)11-18(22)24-20)19(26)25-14-9-5-3-7-12(14)13-8-4-6-10-15(13)25/h3-11,16H,2H2,1H3,(H4,21,22,23,24). The second-order valence-electron chi connectivity index (χ2n) is 6.22. The first kappa shape index (κ1) is 17.4. The lowest BCUT2D eigenvalue weighted by molar-refractivity contribution is 0.0919. The lowest BCUT2D eigenvalue weighted by Gasteiger charge is -2.15. The third-order valence-corrected chi connectivity index (χ3v) is 5.65. The SMILES string of the molecule is CCC(Sc1nc(N)cc(N)n1)C(=O)n1c2ccccc2c2ccccc21. The van der Waals surface area contributed by atoms with E-state index in [2.05, 4.69) is 9.97 Å². The third-order valence-electron chi connectivity index (χ3n) is 4.44. The highest BCUT2D eigenvalue weighted by molar-refractivity contribution is 8.00. The highest BCUT2D eigenvalue weighted by Crippen LogP contribution is 2.32. The second-order valence-corrected chi connectivity index (χ2v) is 7.39. The van der Waals surface area contributed by atoms with Crippen molar-refractivity contribution in [2.45, 2.75) is 23.8 Å². The number of carbonyl (C=O) groups is 1. The summed E-state index contributed by atoms with van der Waals surface area (Å²) < 4.78 is 1.79. The van der Waals surface area contributed by atoms with Crippen LogP contribution in [0.5, 0.6) is 0 Å². The molecule has 27 heavy (non-hydrogen) atoms. The van der Waals surface area contributed by atoms with Gasteiger partial charge in [-0.3, -0.25) is 9.36 Å². The van der Waals surface area contributed by atoms with Crippen LogP contribution in [0.3, 0.4) is 0 Å². The predicted octanol–water partition coefficient (Wildman–Crippen LogP) is 3.96. The molecule has 0 aliphatic heterocycles. The molecule has 0 bridgehead atoms. The molecule has 0 aliphatic carbocycles. The number of hydrogen-bond acceptors (Lipinski definition) is 6. The summed E-state index contributed by atoms with van der Waals surface area (Å²) in [5.41, 5.74) is 13.3. The summed E-state index contributed by atoms with van der Waals surface area (Å²) in [7, 11) is 0. The molecule has 0 spiro atoms. The fraction of sp³-hybridized carbons (Fsp3) is 0.150. The van der Waals surface area contributed by atoms with Crippen molar-refractivity contribution in [2.75, 3.05) is 11.5 Å². The van der Waals surface area contributed by atoms with Crippen molar-refractivity contribution in [1.82, 2.24) is 14.5 Å². The molecule has 0 aliphatic rings. The number of rotatable bonds is 4. The number of thioether (sulfide) groups is 1. The van der Waals surface area contributed by atoms with Gasteiger partial charge in [-0.15, -0.1) is 0 Å². The van der Waals surface area contributed by atoms with Gasteiger partial charge in [0, 0.05) is 16.8 Å². The van der Waals surface area contributed by atoms with Crippen LogP contribution < -0.4 is 11.5 Å². The highest BCUT2D eigenvalue weighted by Gasteiger charge is 2.25. The first-order chi connectivity index (χ1) is 13.1. The minimum Gasteiger partial charge on any atom is -0.383 e. The number of benzene rings is 2. The number of carbonyl (C=O) groups excluding carboxylic acids is 1. The van der Waals surface area contributed by atoms with Gasteiger partial charge >= 0.3 is 0 Å². The molecule has 0 saturated heterocycles. The topological polar surface area (TPSA) is 99.8 Å². The summed E-state index contributed by atoms with van der Waals surface area (Å²) in [6.45, 7) is 1.97. The van der Waals surface area contributed by atoms with E-state index in [4.69, 9.17) is 11.5 Å². The Morgan fingerprint density at radius 2 is 1.52 bits per heavy atom. The van der Waals surface area contributed by atoms with Crippen LogP contribution in [-0.2, 0) is 0 Å². The summed E-state index contributed by atoms with van der Waals surface area (Å²) in [6.07, 6.45) is 0.627. The Morgan fingerprint density at radius 1 is 1.00 bits per heavy atom. The Labute approximate surface area is 160 Å². The lowest BCUT2D eigenvalue weighted by atomic mass is 10.2. The van der Waals surface area contributed by atoms with Gasteiger partial charge in [0.25, 0.3) is 0 Å². The average Bonchev–Trinajstić information content (AvgIpc) is 2.99. The van der Waals surface area contributed by atoms with Crippen molar-refractivity contribution in [3.05, 3.63) is 54.6 Å². The van der Waals surface area contributed by atoms with Crippen LogP contribution >= 0.6 is 11.8 Å². The van der Waals surface area contributed by atoms with Crippen LogP contribution in [0.1, 0.15) is 18.1 Å². The molecule has 136 valence electrons. The van der Waals surface area contributed by atoms with E-state index < -0.39 is 0 Å². The van der Waals surface area contributed by atoms with Crippen LogP contribution in [0.25, 0.3) is 21.8 Å². The van der Waals surface area contributed by atoms with Gasteiger partial charge in [0.1, 0.15) is 11.6 Å². The molecular weight excluding hydrogens is 358 g/mol. The minimum absolute atomic E-state index is 0.00973. The Balaban J connectivity index is 1.80. The molecule has 0 amide bonds. The average molecular weight is 377 g/mol. The van der Waals surface area contributed by atoms with Crippen molar-refractivity contribution < 1.29 is 4.79 Å². The van der Waals surface area contributed by atoms with E-state index in [0.29, 0.717) is 23.2 Å². The van der Waals surface area contributed by atoms with Crippen LogP contribution in [0.15, 0.2) is 59.8 Å². The largest absolute Gasteiger partial charge is 0.383 e. The van der Waals surface area contributed by atoms with Crippen molar-refractivity contribution in [2.24, 2.45) is 0 Å². The minimum atomic E-state index is -0.356. The zero-order valence-electron chi connectivity index (χ0n) is 14.8. The third kappa shape index (κ3) is 3.10. The normalized spacial score (nSPS) is 12.5. The molecule has 4 rings (SSSR count).